The number of piperidine rings is 1. The van der Waals surface area contributed by atoms with Crippen molar-refractivity contribution in [2.24, 2.45) is 5.73 Å². The number of fused-ring (bicyclic) bond motifs is 1. The first-order valence-corrected chi connectivity index (χ1v) is 6.13. The number of nitrogens with one attached hydrogen (secondary N) is 1. The zero-order chi connectivity index (χ0) is 11.8. The molecule has 1 fully saturated rings. The zero-order valence-electron chi connectivity index (χ0n) is 9.36. The molecular weight excluding hydrogens is 238 g/mol. The van der Waals surface area contributed by atoms with Crippen molar-refractivity contribution in [1.82, 2.24) is 15.0 Å². The Morgan fingerprint density at radius 3 is 2.82 bits per heavy atom. The number of rotatable bonds is 1. The van der Waals surface area contributed by atoms with Crippen LogP contribution in [-0.4, -0.2) is 34.1 Å². The van der Waals surface area contributed by atoms with E-state index in [4.69, 9.17) is 17.3 Å². The summed E-state index contributed by atoms with van der Waals surface area (Å²) in [6, 6.07) is 3.98. The van der Waals surface area contributed by atoms with E-state index in [1.807, 2.05) is 6.07 Å². The Morgan fingerprint density at radius 2 is 2.06 bits per heavy atom. The average Bonchev–Trinajstić information content (AvgIpc) is 2.72. The molecule has 0 spiro atoms. The fourth-order valence-electron chi connectivity index (χ4n) is 2.12. The second-order valence-electron chi connectivity index (χ2n) is 4.39. The lowest BCUT2D eigenvalue weighted by Gasteiger charge is -2.29. The number of aromatic nitrogens is 3. The maximum Gasteiger partial charge on any atom is 0.205 e. The van der Waals surface area contributed by atoms with E-state index in [-0.39, 0.29) is 0 Å². The van der Waals surface area contributed by atoms with Crippen LogP contribution in [0, 0.1) is 0 Å². The number of H-pyrrole nitrogens is 1. The van der Waals surface area contributed by atoms with Gasteiger partial charge in [0, 0.05) is 19.1 Å². The summed E-state index contributed by atoms with van der Waals surface area (Å²) in [6.07, 6.45) is 2.01. The van der Waals surface area contributed by atoms with Crippen LogP contribution in [0.15, 0.2) is 12.1 Å². The van der Waals surface area contributed by atoms with E-state index in [0.29, 0.717) is 16.8 Å². The van der Waals surface area contributed by atoms with E-state index in [1.54, 1.807) is 6.07 Å². The molecular formula is C11H14ClN5. The third-order valence-electron chi connectivity index (χ3n) is 3.14. The van der Waals surface area contributed by atoms with Crippen LogP contribution in [0.2, 0.25) is 5.15 Å². The largest absolute Gasteiger partial charge is 0.342 e. The normalized spacial score (nSPS) is 17.9. The molecule has 6 heteroatoms. The predicted molar refractivity (Wildman–Crippen MR) is 68.3 cm³/mol. The van der Waals surface area contributed by atoms with Gasteiger partial charge in [-0.1, -0.05) is 11.6 Å². The highest BCUT2D eigenvalue weighted by atomic mass is 35.5. The molecule has 0 aromatic carbocycles. The highest BCUT2D eigenvalue weighted by molar-refractivity contribution is 6.29. The van der Waals surface area contributed by atoms with Crippen molar-refractivity contribution >= 4 is 28.7 Å². The minimum atomic E-state index is 0.322. The van der Waals surface area contributed by atoms with Gasteiger partial charge in [0.1, 0.15) is 5.15 Å². The van der Waals surface area contributed by atoms with Gasteiger partial charge < -0.3 is 15.6 Å². The van der Waals surface area contributed by atoms with E-state index >= 15 is 0 Å². The molecule has 1 aliphatic heterocycles. The summed E-state index contributed by atoms with van der Waals surface area (Å²) in [4.78, 5) is 14.1. The molecule has 0 aliphatic carbocycles. The lowest BCUT2D eigenvalue weighted by Crippen LogP contribution is -2.40. The molecule has 0 unspecified atom stereocenters. The smallest absolute Gasteiger partial charge is 0.205 e. The second kappa shape index (κ2) is 4.16. The van der Waals surface area contributed by atoms with Gasteiger partial charge in [-0.05, 0) is 25.0 Å². The fourth-order valence-corrected chi connectivity index (χ4v) is 2.26. The molecule has 3 heterocycles. The van der Waals surface area contributed by atoms with Crippen LogP contribution >= 0.6 is 11.6 Å². The lowest BCUT2D eigenvalue weighted by molar-refractivity contribution is 0.497. The van der Waals surface area contributed by atoms with Crippen LogP contribution in [0.5, 0.6) is 0 Å². The number of halogens is 1. The number of pyridine rings is 1. The molecule has 0 radical (unpaired) electrons. The van der Waals surface area contributed by atoms with Crippen LogP contribution in [0.25, 0.3) is 11.2 Å². The SMILES string of the molecule is NC1CCN(c2nc3nc(Cl)ccc3[nH]2)CC1. The first-order chi connectivity index (χ1) is 8.22. The quantitative estimate of drug-likeness (QED) is 0.755. The number of nitrogens with zero attached hydrogens (tertiary/aromatic N) is 3. The van der Waals surface area contributed by atoms with Gasteiger partial charge in [-0.15, -0.1) is 0 Å². The first kappa shape index (κ1) is 10.8. The van der Waals surface area contributed by atoms with E-state index in [9.17, 15) is 0 Å². The van der Waals surface area contributed by atoms with Gasteiger partial charge in [-0.3, -0.25) is 0 Å². The Labute approximate surface area is 104 Å². The number of aromatic amines is 1. The van der Waals surface area contributed by atoms with E-state index < -0.39 is 0 Å². The van der Waals surface area contributed by atoms with Gasteiger partial charge in [0.25, 0.3) is 0 Å². The third-order valence-corrected chi connectivity index (χ3v) is 3.35. The number of anilines is 1. The molecule has 1 aliphatic rings. The second-order valence-corrected chi connectivity index (χ2v) is 4.78. The average molecular weight is 252 g/mol. The van der Waals surface area contributed by atoms with Crippen molar-refractivity contribution in [2.75, 3.05) is 18.0 Å². The predicted octanol–water partition coefficient (Wildman–Crippen LogP) is 1.54. The molecule has 1 saturated heterocycles. The molecule has 0 bridgehead atoms. The summed E-state index contributed by atoms with van der Waals surface area (Å²) in [5.74, 6) is 0.863. The van der Waals surface area contributed by atoms with Crippen LogP contribution in [0.1, 0.15) is 12.8 Å². The van der Waals surface area contributed by atoms with Gasteiger partial charge in [-0.25, -0.2) is 4.98 Å². The molecule has 90 valence electrons. The van der Waals surface area contributed by atoms with Crippen LogP contribution in [0.4, 0.5) is 5.95 Å². The van der Waals surface area contributed by atoms with Crippen LogP contribution in [0.3, 0.4) is 0 Å². The number of hydrogen-bond acceptors (Lipinski definition) is 4. The van der Waals surface area contributed by atoms with Crippen molar-refractivity contribution in [3.05, 3.63) is 17.3 Å². The summed E-state index contributed by atoms with van der Waals surface area (Å²) in [5.41, 5.74) is 7.47. The molecule has 17 heavy (non-hydrogen) atoms. The lowest BCUT2D eigenvalue weighted by atomic mass is 10.1. The Balaban J connectivity index is 1.90. The zero-order valence-corrected chi connectivity index (χ0v) is 10.1. The van der Waals surface area contributed by atoms with Crippen LogP contribution < -0.4 is 10.6 Å². The third kappa shape index (κ3) is 2.08. The molecule has 0 atom stereocenters. The number of nitrogens with two attached hydrogens (primary N) is 1. The van der Waals surface area contributed by atoms with E-state index in [0.717, 1.165) is 37.4 Å². The molecule has 0 amide bonds. The molecule has 2 aromatic rings. The van der Waals surface area contributed by atoms with Gasteiger partial charge in [0.05, 0.1) is 5.52 Å². The van der Waals surface area contributed by atoms with E-state index in [2.05, 4.69) is 19.9 Å². The van der Waals surface area contributed by atoms with Crippen molar-refractivity contribution in [1.29, 1.82) is 0 Å². The number of imidazole rings is 1. The fraction of sp³-hybridized carbons (Fsp3) is 0.455. The Kier molecular flexibility index (Phi) is 2.64. The Morgan fingerprint density at radius 1 is 1.29 bits per heavy atom. The summed E-state index contributed by atoms with van der Waals surface area (Å²) < 4.78 is 0. The Hall–Kier alpha value is -1.33. The maximum atomic E-state index is 5.88. The minimum absolute atomic E-state index is 0.322. The highest BCUT2D eigenvalue weighted by Crippen LogP contribution is 2.20. The summed E-state index contributed by atoms with van der Waals surface area (Å²) in [6.45, 7) is 1.88. The standard InChI is InChI=1S/C11H14ClN5/c12-9-2-1-8-10(15-9)16-11(14-8)17-5-3-7(13)4-6-17/h1-2,7H,3-6,13H2,(H,14,15,16). The monoisotopic (exact) mass is 251 g/mol. The molecule has 2 aromatic heterocycles. The molecule has 5 nitrogen and oxygen atoms in total. The van der Waals surface area contributed by atoms with Crippen molar-refractivity contribution in [3.8, 4) is 0 Å². The Bertz CT molecular complexity index is 530. The highest BCUT2D eigenvalue weighted by Gasteiger charge is 2.19. The minimum Gasteiger partial charge on any atom is -0.342 e. The first-order valence-electron chi connectivity index (χ1n) is 5.75. The topological polar surface area (TPSA) is 70.8 Å². The summed E-state index contributed by atoms with van der Waals surface area (Å²) in [7, 11) is 0. The summed E-state index contributed by atoms with van der Waals surface area (Å²) in [5, 5.41) is 0.469. The van der Waals surface area contributed by atoms with Gasteiger partial charge in [0.2, 0.25) is 5.95 Å². The van der Waals surface area contributed by atoms with Crippen molar-refractivity contribution in [3.63, 3.8) is 0 Å². The van der Waals surface area contributed by atoms with E-state index in [1.165, 1.54) is 0 Å². The van der Waals surface area contributed by atoms with Gasteiger partial charge in [0.15, 0.2) is 5.65 Å². The van der Waals surface area contributed by atoms with Crippen LogP contribution in [-0.2, 0) is 0 Å². The maximum absolute atomic E-state index is 5.88. The van der Waals surface area contributed by atoms with Crippen molar-refractivity contribution in [2.45, 2.75) is 18.9 Å². The molecule has 3 N–H and O–H groups in total. The summed E-state index contributed by atoms with van der Waals surface area (Å²) >= 11 is 5.84. The molecule has 3 rings (SSSR count). The molecule has 0 saturated carbocycles. The van der Waals surface area contributed by atoms with Crippen molar-refractivity contribution < 1.29 is 0 Å². The van der Waals surface area contributed by atoms with Gasteiger partial charge in [-0.2, -0.15) is 4.98 Å². The number of hydrogen-bond donors (Lipinski definition) is 2. The van der Waals surface area contributed by atoms with Gasteiger partial charge >= 0.3 is 0 Å².